The number of rotatable bonds is 2. The predicted octanol–water partition coefficient (Wildman–Crippen LogP) is 2.12. The Morgan fingerprint density at radius 2 is 2.00 bits per heavy atom. The highest BCUT2D eigenvalue weighted by atomic mass is 35.5. The van der Waals surface area contributed by atoms with Crippen LogP contribution in [0.1, 0.15) is 45.3 Å². The van der Waals surface area contributed by atoms with Crippen molar-refractivity contribution in [2.75, 3.05) is 10.7 Å². The summed E-state index contributed by atoms with van der Waals surface area (Å²) in [5.74, 6) is 1.08. The normalized spacial score (nSPS) is 19.8. The van der Waals surface area contributed by atoms with E-state index in [4.69, 9.17) is 17.3 Å². The standard InChI is InChI=1S/C11H17ClN6/c1-6-5-11(3,4)18(17-6)10-15-8(7(2)12)14-9(13)16-10/h7H,5H2,1-4H3,(H2,13,14,15,16)/t7-/m0/s1. The lowest BCUT2D eigenvalue weighted by Crippen LogP contribution is -2.37. The minimum atomic E-state index is -0.315. The number of nitrogens with zero attached hydrogens (tertiary/aromatic N) is 5. The molecule has 98 valence electrons. The number of anilines is 2. The Morgan fingerprint density at radius 3 is 2.50 bits per heavy atom. The molecule has 0 bridgehead atoms. The smallest absolute Gasteiger partial charge is 0.251 e. The van der Waals surface area contributed by atoms with Gasteiger partial charge in [0.15, 0.2) is 5.82 Å². The van der Waals surface area contributed by atoms with Crippen LogP contribution < -0.4 is 10.7 Å². The average Bonchev–Trinajstić information content (AvgIpc) is 2.50. The largest absolute Gasteiger partial charge is 0.368 e. The molecular weight excluding hydrogens is 252 g/mol. The lowest BCUT2D eigenvalue weighted by atomic mass is 9.99. The summed E-state index contributed by atoms with van der Waals surface area (Å²) in [4.78, 5) is 12.5. The van der Waals surface area contributed by atoms with Crippen molar-refractivity contribution in [2.24, 2.45) is 5.10 Å². The molecule has 0 spiro atoms. The molecule has 0 amide bonds. The first-order chi connectivity index (χ1) is 8.29. The van der Waals surface area contributed by atoms with Gasteiger partial charge in [-0.25, -0.2) is 5.01 Å². The maximum Gasteiger partial charge on any atom is 0.251 e. The van der Waals surface area contributed by atoms with Crippen LogP contribution in [0.4, 0.5) is 11.9 Å². The van der Waals surface area contributed by atoms with Crippen molar-refractivity contribution in [1.29, 1.82) is 0 Å². The zero-order chi connectivity index (χ0) is 13.5. The molecule has 1 aromatic heterocycles. The van der Waals surface area contributed by atoms with Crippen molar-refractivity contribution in [3.8, 4) is 0 Å². The molecule has 0 unspecified atom stereocenters. The van der Waals surface area contributed by atoms with Gasteiger partial charge < -0.3 is 5.73 Å². The molecule has 1 aliphatic rings. The fourth-order valence-electron chi connectivity index (χ4n) is 2.03. The first-order valence-electron chi connectivity index (χ1n) is 5.79. The van der Waals surface area contributed by atoms with Gasteiger partial charge in [0, 0.05) is 12.1 Å². The molecule has 2 heterocycles. The van der Waals surface area contributed by atoms with Gasteiger partial charge in [-0.3, -0.25) is 0 Å². The zero-order valence-electron chi connectivity index (χ0n) is 11.0. The second-order valence-electron chi connectivity index (χ2n) is 5.10. The molecule has 2 rings (SSSR count). The number of halogens is 1. The van der Waals surface area contributed by atoms with E-state index in [-0.39, 0.29) is 16.9 Å². The van der Waals surface area contributed by atoms with Crippen LogP contribution in [0.15, 0.2) is 5.10 Å². The number of hydrogen-bond donors (Lipinski definition) is 1. The van der Waals surface area contributed by atoms with E-state index in [1.807, 2.05) is 6.92 Å². The second-order valence-corrected chi connectivity index (χ2v) is 5.76. The number of nitrogens with two attached hydrogens (primary N) is 1. The fourth-order valence-corrected chi connectivity index (χ4v) is 2.13. The Bertz CT molecular complexity index is 496. The van der Waals surface area contributed by atoms with Gasteiger partial charge in [0.05, 0.1) is 10.9 Å². The van der Waals surface area contributed by atoms with Crippen LogP contribution in [0.5, 0.6) is 0 Å². The first kappa shape index (κ1) is 13.0. The van der Waals surface area contributed by atoms with E-state index >= 15 is 0 Å². The van der Waals surface area contributed by atoms with E-state index in [9.17, 15) is 0 Å². The van der Waals surface area contributed by atoms with E-state index in [0.29, 0.717) is 11.8 Å². The van der Waals surface area contributed by atoms with E-state index < -0.39 is 0 Å². The number of hydrazone groups is 1. The minimum Gasteiger partial charge on any atom is -0.368 e. The van der Waals surface area contributed by atoms with Gasteiger partial charge in [0.25, 0.3) is 5.95 Å². The molecule has 1 atom stereocenters. The Balaban J connectivity index is 2.45. The molecule has 2 N–H and O–H groups in total. The van der Waals surface area contributed by atoms with Gasteiger partial charge >= 0.3 is 0 Å². The summed E-state index contributed by atoms with van der Waals surface area (Å²) in [6.45, 7) is 7.94. The quantitative estimate of drug-likeness (QED) is 0.831. The molecule has 18 heavy (non-hydrogen) atoms. The Kier molecular flexibility index (Phi) is 3.14. The summed E-state index contributed by atoms with van der Waals surface area (Å²) < 4.78 is 0. The highest BCUT2D eigenvalue weighted by Gasteiger charge is 2.35. The molecule has 0 aliphatic carbocycles. The van der Waals surface area contributed by atoms with Gasteiger partial charge in [-0.1, -0.05) is 0 Å². The Hall–Kier alpha value is -1.43. The van der Waals surface area contributed by atoms with Crippen LogP contribution in [0, 0.1) is 0 Å². The Labute approximate surface area is 111 Å². The van der Waals surface area contributed by atoms with E-state index in [2.05, 4.69) is 33.9 Å². The number of hydrogen-bond acceptors (Lipinski definition) is 6. The third-order valence-corrected chi connectivity index (χ3v) is 2.93. The van der Waals surface area contributed by atoms with Crippen molar-refractivity contribution >= 4 is 29.2 Å². The van der Waals surface area contributed by atoms with E-state index in [1.54, 1.807) is 11.9 Å². The molecule has 0 saturated carbocycles. The van der Waals surface area contributed by atoms with Crippen LogP contribution in [-0.4, -0.2) is 26.2 Å². The lowest BCUT2D eigenvalue weighted by Gasteiger charge is -2.28. The fraction of sp³-hybridized carbons (Fsp3) is 0.636. The molecule has 0 aromatic carbocycles. The van der Waals surface area contributed by atoms with Crippen LogP contribution in [0.3, 0.4) is 0 Å². The topological polar surface area (TPSA) is 80.3 Å². The second kappa shape index (κ2) is 4.35. The van der Waals surface area contributed by atoms with Gasteiger partial charge in [-0.2, -0.15) is 20.1 Å². The van der Waals surface area contributed by atoms with E-state index in [1.165, 1.54) is 0 Å². The third-order valence-electron chi connectivity index (χ3n) is 2.74. The predicted molar refractivity (Wildman–Crippen MR) is 72.8 cm³/mol. The maximum atomic E-state index is 5.99. The molecule has 6 nitrogen and oxygen atoms in total. The Morgan fingerprint density at radius 1 is 1.33 bits per heavy atom. The van der Waals surface area contributed by atoms with E-state index in [0.717, 1.165) is 12.1 Å². The molecule has 7 heteroatoms. The highest BCUT2D eigenvalue weighted by Crippen LogP contribution is 2.31. The molecule has 0 fully saturated rings. The van der Waals surface area contributed by atoms with Crippen LogP contribution in [0.2, 0.25) is 0 Å². The molecule has 1 aliphatic heterocycles. The summed E-state index contributed by atoms with van der Waals surface area (Å²) >= 11 is 5.99. The monoisotopic (exact) mass is 268 g/mol. The van der Waals surface area contributed by atoms with Gasteiger partial charge in [0.2, 0.25) is 5.95 Å². The van der Waals surface area contributed by atoms with Crippen molar-refractivity contribution in [1.82, 2.24) is 15.0 Å². The van der Waals surface area contributed by atoms with Crippen molar-refractivity contribution in [3.05, 3.63) is 5.82 Å². The SMILES string of the molecule is CC1=NN(c2nc(N)nc([C@H](C)Cl)n2)C(C)(C)C1. The highest BCUT2D eigenvalue weighted by molar-refractivity contribution is 6.20. The molecule has 0 radical (unpaired) electrons. The molecular formula is C11H17ClN6. The van der Waals surface area contributed by atoms with Crippen LogP contribution >= 0.6 is 11.6 Å². The third kappa shape index (κ3) is 2.38. The van der Waals surface area contributed by atoms with Crippen LogP contribution in [-0.2, 0) is 0 Å². The number of aromatic nitrogens is 3. The summed E-state index contributed by atoms with van der Waals surface area (Å²) in [7, 11) is 0. The first-order valence-corrected chi connectivity index (χ1v) is 6.23. The van der Waals surface area contributed by atoms with Gasteiger partial charge in [-0.05, 0) is 27.7 Å². The van der Waals surface area contributed by atoms with Crippen molar-refractivity contribution in [3.63, 3.8) is 0 Å². The minimum absolute atomic E-state index is 0.162. The summed E-state index contributed by atoms with van der Waals surface area (Å²) in [6.07, 6.45) is 0.865. The number of alkyl halides is 1. The lowest BCUT2D eigenvalue weighted by molar-refractivity contribution is 0.504. The summed E-state index contributed by atoms with van der Waals surface area (Å²) in [5.41, 5.74) is 6.57. The van der Waals surface area contributed by atoms with Gasteiger partial charge in [-0.15, -0.1) is 11.6 Å². The number of nitrogen functional groups attached to an aromatic ring is 1. The average molecular weight is 269 g/mol. The van der Waals surface area contributed by atoms with Crippen LogP contribution in [0.25, 0.3) is 0 Å². The molecule has 1 aromatic rings. The zero-order valence-corrected chi connectivity index (χ0v) is 11.7. The summed E-state index contributed by atoms with van der Waals surface area (Å²) in [6, 6.07) is 0. The van der Waals surface area contributed by atoms with Crippen molar-refractivity contribution in [2.45, 2.75) is 45.0 Å². The summed E-state index contributed by atoms with van der Waals surface area (Å²) in [5, 5.41) is 5.92. The maximum absolute atomic E-state index is 5.99. The van der Waals surface area contributed by atoms with Gasteiger partial charge in [0.1, 0.15) is 0 Å². The molecule has 0 saturated heterocycles. The van der Waals surface area contributed by atoms with Crippen molar-refractivity contribution < 1.29 is 0 Å².